The van der Waals surface area contributed by atoms with E-state index in [0.717, 1.165) is 15.6 Å². The molecule has 1 aliphatic heterocycles. The number of nitrogens with zero attached hydrogens (tertiary/aromatic N) is 1. The van der Waals surface area contributed by atoms with Gasteiger partial charge >= 0.3 is 0 Å². The number of ether oxygens (including phenoxy) is 2. The third kappa shape index (κ3) is 2.60. The van der Waals surface area contributed by atoms with E-state index >= 15 is 0 Å². The van der Waals surface area contributed by atoms with Crippen LogP contribution in [0.2, 0.25) is 0 Å². The zero-order valence-corrected chi connectivity index (χ0v) is 13.9. The molecule has 0 saturated carbocycles. The summed E-state index contributed by atoms with van der Waals surface area (Å²) < 4.78 is 11.6. The van der Waals surface area contributed by atoms with Crippen molar-refractivity contribution in [2.75, 3.05) is 12.8 Å². The summed E-state index contributed by atoms with van der Waals surface area (Å²) in [6.07, 6.45) is 0. The number of nitrogen functional groups attached to an aromatic ring is 1. The lowest BCUT2D eigenvalue weighted by Gasteiger charge is -2.27. The summed E-state index contributed by atoms with van der Waals surface area (Å²) >= 11 is 3.48. The number of nitriles is 1. The van der Waals surface area contributed by atoms with Crippen LogP contribution in [-0.2, 0) is 0 Å². The van der Waals surface area contributed by atoms with Crippen LogP contribution in [0.25, 0.3) is 0 Å². The van der Waals surface area contributed by atoms with Crippen LogP contribution in [0.4, 0.5) is 5.69 Å². The molecule has 5 nitrogen and oxygen atoms in total. The molecule has 3 rings (SSSR count). The smallest absolute Gasteiger partial charge is 0.205 e. The van der Waals surface area contributed by atoms with Gasteiger partial charge in [-0.15, -0.1) is 0 Å². The van der Waals surface area contributed by atoms with Gasteiger partial charge in [0.1, 0.15) is 23.1 Å². The number of hydrogen-bond acceptors (Lipinski definition) is 5. The largest absolute Gasteiger partial charge is 0.496 e. The SMILES string of the molecule is COc1ccc([C@H]2C(C#N)=C(N)Oc3cc(N)ccc32)cc1Br. The molecule has 0 saturated heterocycles. The molecule has 4 N–H and O–H groups in total. The van der Waals surface area contributed by atoms with Gasteiger partial charge in [0.25, 0.3) is 0 Å². The van der Waals surface area contributed by atoms with Crippen molar-refractivity contribution >= 4 is 21.6 Å². The highest BCUT2D eigenvalue weighted by Crippen LogP contribution is 2.43. The number of methoxy groups -OCH3 is 1. The third-order valence-corrected chi connectivity index (χ3v) is 4.37. The average molecular weight is 372 g/mol. The van der Waals surface area contributed by atoms with Crippen LogP contribution >= 0.6 is 15.9 Å². The van der Waals surface area contributed by atoms with Gasteiger partial charge in [-0.05, 0) is 39.7 Å². The Morgan fingerprint density at radius 3 is 2.65 bits per heavy atom. The molecule has 116 valence electrons. The van der Waals surface area contributed by atoms with Gasteiger partial charge in [-0.25, -0.2) is 0 Å². The monoisotopic (exact) mass is 371 g/mol. The van der Waals surface area contributed by atoms with Gasteiger partial charge in [0.2, 0.25) is 5.88 Å². The molecule has 0 unspecified atom stereocenters. The molecule has 23 heavy (non-hydrogen) atoms. The minimum atomic E-state index is -0.313. The number of nitrogens with two attached hydrogens (primary N) is 2. The van der Waals surface area contributed by atoms with E-state index in [1.165, 1.54) is 0 Å². The number of benzene rings is 2. The first kappa shape index (κ1) is 15.3. The van der Waals surface area contributed by atoms with Crippen LogP contribution < -0.4 is 20.9 Å². The quantitative estimate of drug-likeness (QED) is 0.790. The summed E-state index contributed by atoms with van der Waals surface area (Å²) in [5.74, 6) is 1.07. The molecule has 0 fully saturated rings. The molecule has 1 atom stereocenters. The van der Waals surface area contributed by atoms with Crippen LogP contribution in [0.3, 0.4) is 0 Å². The molecule has 6 heteroatoms. The van der Waals surface area contributed by atoms with Crippen molar-refractivity contribution in [3.8, 4) is 17.6 Å². The fourth-order valence-corrected chi connectivity index (χ4v) is 3.24. The van der Waals surface area contributed by atoms with Crippen molar-refractivity contribution in [1.29, 1.82) is 5.26 Å². The second kappa shape index (κ2) is 5.86. The summed E-state index contributed by atoms with van der Waals surface area (Å²) in [7, 11) is 1.60. The van der Waals surface area contributed by atoms with E-state index in [1.54, 1.807) is 19.2 Å². The predicted molar refractivity (Wildman–Crippen MR) is 90.8 cm³/mol. The zero-order valence-electron chi connectivity index (χ0n) is 12.3. The Morgan fingerprint density at radius 1 is 1.22 bits per heavy atom. The molecule has 0 aromatic heterocycles. The fourth-order valence-electron chi connectivity index (χ4n) is 2.68. The molecular formula is C17H14BrN3O2. The first-order valence-corrected chi connectivity index (χ1v) is 7.65. The van der Waals surface area contributed by atoms with Gasteiger partial charge in [-0.2, -0.15) is 5.26 Å². The van der Waals surface area contributed by atoms with E-state index in [1.807, 2.05) is 24.3 Å². The Morgan fingerprint density at radius 2 is 2.00 bits per heavy atom. The van der Waals surface area contributed by atoms with E-state index in [0.29, 0.717) is 22.8 Å². The van der Waals surface area contributed by atoms with E-state index in [-0.39, 0.29) is 11.8 Å². The molecule has 2 aromatic rings. The first-order valence-electron chi connectivity index (χ1n) is 6.85. The van der Waals surface area contributed by atoms with Gasteiger partial charge in [0.05, 0.1) is 17.5 Å². The highest BCUT2D eigenvalue weighted by molar-refractivity contribution is 9.10. The zero-order chi connectivity index (χ0) is 16.6. The molecule has 0 radical (unpaired) electrons. The highest BCUT2D eigenvalue weighted by atomic mass is 79.9. The maximum absolute atomic E-state index is 9.51. The Labute approximate surface area is 142 Å². The van der Waals surface area contributed by atoms with Gasteiger partial charge in [0.15, 0.2) is 0 Å². The Kier molecular flexibility index (Phi) is 3.89. The Balaban J connectivity index is 2.20. The van der Waals surface area contributed by atoms with Crippen LogP contribution in [-0.4, -0.2) is 7.11 Å². The fraction of sp³-hybridized carbons (Fsp3) is 0.118. The molecule has 2 aromatic carbocycles. The minimum absolute atomic E-state index is 0.0996. The molecule has 0 bridgehead atoms. The number of allylic oxidation sites excluding steroid dienone is 1. The van der Waals surface area contributed by atoms with Gasteiger partial charge < -0.3 is 20.9 Å². The topological polar surface area (TPSA) is 94.3 Å². The maximum Gasteiger partial charge on any atom is 0.205 e. The van der Waals surface area contributed by atoms with Crippen molar-refractivity contribution in [3.05, 3.63) is 63.5 Å². The van der Waals surface area contributed by atoms with Gasteiger partial charge in [-0.1, -0.05) is 12.1 Å². The molecule has 1 heterocycles. The lowest BCUT2D eigenvalue weighted by atomic mass is 9.83. The molecule has 0 amide bonds. The number of hydrogen-bond donors (Lipinski definition) is 2. The number of halogens is 1. The first-order chi connectivity index (χ1) is 11.0. The second-order valence-corrected chi connectivity index (χ2v) is 5.97. The number of fused-ring (bicyclic) bond motifs is 1. The second-order valence-electron chi connectivity index (χ2n) is 5.12. The van der Waals surface area contributed by atoms with Crippen LogP contribution in [0.1, 0.15) is 17.0 Å². The van der Waals surface area contributed by atoms with Gasteiger partial charge in [0, 0.05) is 17.3 Å². The summed E-state index contributed by atoms with van der Waals surface area (Å²) in [4.78, 5) is 0. The normalized spacial score (nSPS) is 16.3. The van der Waals surface area contributed by atoms with Crippen molar-refractivity contribution in [1.82, 2.24) is 0 Å². The van der Waals surface area contributed by atoms with Crippen molar-refractivity contribution in [2.24, 2.45) is 5.73 Å². The molecule has 0 aliphatic carbocycles. The highest BCUT2D eigenvalue weighted by Gasteiger charge is 2.31. The Hall–Kier alpha value is -2.65. The lowest BCUT2D eigenvalue weighted by Crippen LogP contribution is -2.21. The lowest BCUT2D eigenvalue weighted by molar-refractivity contribution is 0.393. The van der Waals surface area contributed by atoms with Crippen LogP contribution in [0, 0.1) is 11.3 Å². The van der Waals surface area contributed by atoms with Crippen molar-refractivity contribution < 1.29 is 9.47 Å². The average Bonchev–Trinajstić information content (AvgIpc) is 2.53. The standard InChI is InChI=1S/C17H14BrN3O2/c1-22-14-5-2-9(6-13(14)18)16-11-4-3-10(20)7-15(11)23-17(21)12(16)8-19/h2-7,16H,20-21H2,1H3/t16-/m1/s1. The molecule has 0 spiro atoms. The van der Waals surface area contributed by atoms with Crippen molar-refractivity contribution in [3.63, 3.8) is 0 Å². The van der Waals surface area contributed by atoms with E-state index < -0.39 is 0 Å². The van der Waals surface area contributed by atoms with Crippen LogP contribution in [0.15, 0.2) is 52.3 Å². The Bertz CT molecular complexity index is 855. The van der Waals surface area contributed by atoms with E-state index in [2.05, 4.69) is 22.0 Å². The number of anilines is 1. The summed E-state index contributed by atoms with van der Waals surface area (Å²) in [5, 5.41) is 9.51. The van der Waals surface area contributed by atoms with Crippen molar-refractivity contribution in [2.45, 2.75) is 5.92 Å². The summed E-state index contributed by atoms with van der Waals surface area (Å²) in [6.45, 7) is 0. The van der Waals surface area contributed by atoms with Gasteiger partial charge in [-0.3, -0.25) is 0 Å². The third-order valence-electron chi connectivity index (χ3n) is 3.75. The summed E-state index contributed by atoms with van der Waals surface area (Å²) in [6, 6.07) is 13.2. The predicted octanol–water partition coefficient (Wildman–Crippen LogP) is 3.26. The van der Waals surface area contributed by atoms with E-state index in [9.17, 15) is 5.26 Å². The van der Waals surface area contributed by atoms with E-state index in [4.69, 9.17) is 20.9 Å². The molecule has 1 aliphatic rings. The summed E-state index contributed by atoms with van der Waals surface area (Å²) in [5.41, 5.74) is 14.5. The number of rotatable bonds is 2. The molecular weight excluding hydrogens is 358 g/mol. The maximum atomic E-state index is 9.51. The van der Waals surface area contributed by atoms with Crippen LogP contribution in [0.5, 0.6) is 11.5 Å². The minimum Gasteiger partial charge on any atom is -0.496 e.